The second-order valence-corrected chi connectivity index (χ2v) is 4.40. The second kappa shape index (κ2) is 5.31. The summed E-state index contributed by atoms with van der Waals surface area (Å²) in [5, 5.41) is 9.14. The third-order valence-electron chi connectivity index (χ3n) is 3.14. The summed E-state index contributed by atoms with van der Waals surface area (Å²) in [5.74, 6) is 0.155. The number of aliphatic carboxylic acids is 1. The number of carboxylic acids is 1. The van der Waals surface area contributed by atoms with Crippen molar-refractivity contribution in [1.82, 2.24) is 9.55 Å². The predicted molar refractivity (Wildman–Crippen MR) is 62.0 cm³/mol. The molecular formula is C12H18N2O3. The lowest BCUT2D eigenvalue weighted by Gasteiger charge is -2.20. The number of rotatable bonds is 5. The highest BCUT2D eigenvalue weighted by Crippen LogP contribution is 2.25. The Morgan fingerprint density at radius 2 is 2.53 bits per heavy atom. The Kier molecular flexibility index (Phi) is 3.78. The highest BCUT2D eigenvalue weighted by atomic mass is 16.5. The van der Waals surface area contributed by atoms with Gasteiger partial charge in [-0.15, -0.1) is 0 Å². The van der Waals surface area contributed by atoms with Gasteiger partial charge < -0.3 is 14.4 Å². The Balaban J connectivity index is 2.10. The highest BCUT2D eigenvalue weighted by Gasteiger charge is 2.26. The minimum atomic E-state index is -0.758. The maximum absolute atomic E-state index is 11.1. The van der Waals surface area contributed by atoms with Crippen molar-refractivity contribution in [3.05, 3.63) is 17.7 Å². The summed E-state index contributed by atoms with van der Waals surface area (Å²) in [6.07, 6.45) is 6.16. The van der Waals surface area contributed by atoms with Crippen molar-refractivity contribution in [3.63, 3.8) is 0 Å². The van der Waals surface area contributed by atoms with Crippen molar-refractivity contribution in [3.8, 4) is 0 Å². The third kappa shape index (κ3) is 2.66. The Hall–Kier alpha value is -1.36. The summed E-state index contributed by atoms with van der Waals surface area (Å²) in [7, 11) is 1.68. The number of fused-ring (bicyclic) bond motifs is 1. The van der Waals surface area contributed by atoms with E-state index in [-0.39, 0.29) is 0 Å². The van der Waals surface area contributed by atoms with E-state index in [0.717, 1.165) is 37.2 Å². The molecule has 0 aromatic carbocycles. The van der Waals surface area contributed by atoms with Crippen molar-refractivity contribution in [2.24, 2.45) is 0 Å². The average molecular weight is 238 g/mol. The molecule has 1 aromatic heterocycles. The maximum Gasteiger partial charge on any atom is 0.326 e. The van der Waals surface area contributed by atoms with Crippen LogP contribution in [-0.2, 0) is 22.4 Å². The third-order valence-corrected chi connectivity index (χ3v) is 3.14. The van der Waals surface area contributed by atoms with Crippen LogP contribution in [0.1, 0.15) is 36.8 Å². The molecule has 0 radical (unpaired) electrons. The molecule has 0 saturated carbocycles. The van der Waals surface area contributed by atoms with Gasteiger partial charge >= 0.3 is 5.97 Å². The quantitative estimate of drug-likeness (QED) is 0.788. The summed E-state index contributed by atoms with van der Waals surface area (Å²) in [6, 6.07) is -0.428. The van der Waals surface area contributed by atoms with Gasteiger partial charge in [-0.2, -0.15) is 0 Å². The van der Waals surface area contributed by atoms with Crippen LogP contribution in [-0.4, -0.2) is 34.3 Å². The summed E-state index contributed by atoms with van der Waals surface area (Å²) in [6.45, 7) is 0.713. The van der Waals surface area contributed by atoms with E-state index in [0.29, 0.717) is 13.0 Å². The number of hydrogen-bond acceptors (Lipinski definition) is 3. The number of hydrogen-bond donors (Lipinski definition) is 1. The van der Waals surface area contributed by atoms with Crippen LogP contribution >= 0.6 is 0 Å². The van der Waals surface area contributed by atoms with E-state index in [1.807, 2.05) is 10.8 Å². The van der Waals surface area contributed by atoms with Crippen LogP contribution in [0.5, 0.6) is 0 Å². The van der Waals surface area contributed by atoms with E-state index in [9.17, 15) is 4.79 Å². The van der Waals surface area contributed by atoms with Crippen molar-refractivity contribution in [2.45, 2.75) is 38.1 Å². The fourth-order valence-electron chi connectivity index (χ4n) is 2.30. The summed E-state index contributed by atoms with van der Waals surface area (Å²) >= 11 is 0. The minimum Gasteiger partial charge on any atom is -0.480 e. The molecule has 5 nitrogen and oxygen atoms in total. The number of nitrogens with zero attached hydrogens (tertiary/aromatic N) is 2. The molecule has 1 unspecified atom stereocenters. The molecule has 2 rings (SSSR count). The largest absolute Gasteiger partial charge is 0.480 e. The van der Waals surface area contributed by atoms with Gasteiger partial charge in [0.15, 0.2) is 0 Å². The molecule has 94 valence electrons. The molecule has 0 amide bonds. The second-order valence-electron chi connectivity index (χ2n) is 4.40. The molecule has 0 saturated heterocycles. The van der Waals surface area contributed by atoms with Gasteiger partial charge in [0.05, 0.1) is 5.69 Å². The first-order valence-electron chi connectivity index (χ1n) is 6.00. The number of ether oxygens (including phenoxy) is 1. The molecule has 17 heavy (non-hydrogen) atoms. The smallest absolute Gasteiger partial charge is 0.326 e. The van der Waals surface area contributed by atoms with E-state index < -0.39 is 12.0 Å². The number of carboxylic acid groups (broad SMARTS) is 1. The SMILES string of the molecule is COCCCc1cn2c(n1)CCCC2C(=O)O. The van der Waals surface area contributed by atoms with E-state index in [1.54, 1.807) is 7.11 Å². The van der Waals surface area contributed by atoms with E-state index in [2.05, 4.69) is 4.98 Å². The molecule has 1 atom stereocenters. The van der Waals surface area contributed by atoms with E-state index in [1.165, 1.54) is 0 Å². The predicted octanol–water partition coefficient (Wildman–Crippen LogP) is 1.42. The molecule has 0 bridgehead atoms. The lowest BCUT2D eigenvalue weighted by Crippen LogP contribution is -2.24. The highest BCUT2D eigenvalue weighted by molar-refractivity contribution is 5.72. The van der Waals surface area contributed by atoms with Gasteiger partial charge in [-0.3, -0.25) is 0 Å². The maximum atomic E-state index is 11.1. The van der Waals surface area contributed by atoms with Crippen LogP contribution in [0.15, 0.2) is 6.20 Å². The molecular weight excluding hydrogens is 220 g/mol. The molecule has 1 aliphatic rings. The normalized spacial score (nSPS) is 19.0. The first-order chi connectivity index (χ1) is 8.22. The van der Waals surface area contributed by atoms with Gasteiger partial charge in [-0.25, -0.2) is 9.78 Å². The van der Waals surface area contributed by atoms with Crippen LogP contribution in [0.3, 0.4) is 0 Å². The monoisotopic (exact) mass is 238 g/mol. The Labute approximate surface area is 100 Å². The van der Waals surface area contributed by atoms with Gasteiger partial charge in [-0.1, -0.05) is 0 Å². The number of aromatic nitrogens is 2. The molecule has 0 aliphatic carbocycles. The molecule has 0 fully saturated rings. The molecule has 0 spiro atoms. The molecule has 1 aromatic rings. The van der Waals surface area contributed by atoms with Crippen molar-refractivity contribution in [1.29, 1.82) is 0 Å². The number of carbonyl (C=O) groups is 1. The molecule has 2 heterocycles. The van der Waals surface area contributed by atoms with Crippen molar-refractivity contribution < 1.29 is 14.6 Å². The molecule has 5 heteroatoms. The van der Waals surface area contributed by atoms with Crippen molar-refractivity contribution >= 4 is 5.97 Å². The Bertz CT molecular complexity index is 400. The zero-order valence-electron chi connectivity index (χ0n) is 10.1. The number of methoxy groups -OCH3 is 1. The number of aryl methyl sites for hydroxylation is 2. The van der Waals surface area contributed by atoms with Gasteiger partial charge in [0.1, 0.15) is 11.9 Å². The Morgan fingerprint density at radius 3 is 3.24 bits per heavy atom. The van der Waals surface area contributed by atoms with Crippen LogP contribution in [0, 0.1) is 0 Å². The fraction of sp³-hybridized carbons (Fsp3) is 0.667. The summed E-state index contributed by atoms with van der Waals surface area (Å²) in [4.78, 5) is 15.6. The van der Waals surface area contributed by atoms with Crippen LogP contribution in [0.4, 0.5) is 0 Å². The van der Waals surface area contributed by atoms with Crippen molar-refractivity contribution in [2.75, 3.05) is 13.7 Å². The summed E-state index contributed by atoms with van der Waals surface area (Å²) < 4.78 is 6.82. The fourth-order valence-corrected chi connectivity index (χ4v) is 2.30. The first kappa shape index (κ1) is 12.1. The minimum absolute atomic E-state index is 0.428. The zero-order chi connectivity index (χ0) is 12.3. The lowest BCUT2D eigenvalue weighted by atomic mass is 10.1. The first-order valence-corrected chi connectivity index (χ1v) is 6.00. The Morgan fingerprint density at radius 1 is 1.71 bits per heavy atom. The van der Waals surface area contributed by atoms with E-state index in [4.69, 9.17) is 9.84 Å². The number of imidazole rings is 1. The average Bonchev–Trinajstić information content (AvgIpc) is 2.71. The lowest BCUT2D eigenvalue weighted by molar-refractivity contribution is -0.141. The van der Waals surface area contributed by atoms with Gasteiger partial charge in [0, 0.05) is 26.3 Å². The summed E-state index contributed by atoms with van der Waals surface area (Å²) in [5.41, 5.74) is 0.977. The topological polar surface area (TPSA) is 64.4 Å². The van der Waals surface area contributed by atoms with Crippen LogP contribution in [0.25, 0.3) is 0 Å². The van der Waals surface area contributed by atoms with E-state index >= 15 is 0 Å². The van der Waals surface area contributed by atoms with Gasteiger partial charge in [-0.05, 0) is 25.7 Å². The van der Waals surface area contributed by atoms with Gasteiger partial charge in [0.25, 0.3) is 0 Å². The van der Waals surface area contributed by atoms with Crippen LogP contribution < -0.4 is 0 Å². The molecule has 1 aliphatic heterocycles. The molecule has 1 N–H and O–H groups in total. The van der Waals surface area contributed by atoms with Gasteiger partial charge in [0.2, 0.25) is 0 Å². The zero-order valence-corrected chi connectivity index (χ0v) is 10.1. The standard InChI is InChI=1S/C12H18N2O3/c1-17-7-3-4-9-8-14-10(12(15)16)5-2-6-11(14)13-9/h8,10H,2-7H2,1H3,(H,15,16). The van der Waals surface area contributed by atoms with Crippen LogP contribution in [0.2, 0.25) is 0 Å².